The summed E-state index contributed by atoms with van der Waals surface area (Å²) >= 11 is 3.16. The van der Waals surface area contributed by atoms with Crippen molar-refractivity contribution >= 4 is 22.0 Å². The monoisotopic (exact) mass is 326 g/mol. The van der Waals surface area contributed by atoms with Crippen molar-refractivity contribution in [3.05, 3.63) is 59.4 Å². The first kappa shape index (κ1) is 15.4. The van der Waals surface area contributed by atoms with E-state index in [4.69, 9.17) is 0 Å². The zero-order valence-electron chi connectivity index (χ0n) is 10.5. The lowest BCUT2D eigenvalue weighted by molar-refractivity contribution is 0.201. The predicted molar refractivity (Wildman–Crippen MR) is 78.5 cm³/mol. The summed E-state index contributed by atoms with van der Waals surface area (Å²) < 4.78 is 14.2. The zero-order chi connectivity index (χ0) is 14.3. The number of amides is 2. The van der Waals surface area contributed by atoms with Gasteiger partial charge in [0.25, 0.3) is 0 Å². The summed E-state index contributed by atoms with van der Waals surface area (Å²) in [4.78, 5) is 13.4. The molecule has 1 N–H and O–H groups in total. The average Bonchev–Trinajstić information content (AvgIpc) is 2.38. The van der Waals surface area contributed by atoms with Crippen LogP contribution in [0.15, 0.2) is 48.0 Å². The quantitative estimate of drug-likeness (QED) is 0.798. The number of carbonyl (C=O) groups is 1. The number of rotatable bonds is 6. The second-order valence-corrected chi connectivity index (χ2v) is 5.06. The number of hydrogen-bond acceptors (Lipinski definition) is 1. The van der Waals surface area contributed by atoms with Crippen molar-refractivity contribution in [2.45, 2.75) is 6.54 Å². The fraction of sp³-hybridized carbons (Fsp3) is 0.214. The minimum Gasteiger partial charge on any atom is -0.333 e. The summed E-state index contributed by atoms with van der Waals surface area (Å²) in [7, 11) is 0. The lowest BCUT2D eigenvalue weighted by Gasteiger charge is -2.22. The van der Waals surface area contributed by atoms with Crippen LogP contribution in [0.2, 0.25) is 0 Å². The van der Waals surface area contributed by atoms with E-state index in [9.17, 15) is 9.18 Å². The van der Waals surface area contributed by atoms with Gasteiger partial charge in [-0.25, -0.2) is 9.18 Å². The minimum absolute atomic E-state index is 0.194. The Morgan fingerprint density at radius 2 is 2.16 bits per heavy atom. The molecule has 2 amide bonds. The van der Waals surface area contributed by atoms with Gasteiger partial charge in [0.15, 0.2) is 0 Å². The molecular weight excluding hydrogens is 311 g/mol. The second-order valence-electron chi connectivity index (χ2n) is 3.94. The van der Waals surface area contributed by atoms with E-state index < -0.39 is 0 Å². The summed E-state index contributed by atoms with van der Waals surface area (Å²) in [5, 5.41) is 2.68. The van der Waals surface area contributed by atoms with Gasteiger partial charge in [-0.15, -0.1) is 6.58 Å². The van der Waals surface area contributed by atoms with Crippen LogP contribution in [-0.4, -0.2) is 24.0 Å². The summed E-state index contributed by atoms with van der Waals surface area (Å²) in [6.07, 6.45) is 1.60. The van der Waals surface area contributed by atoms with Gasteiger partial charge in [0.1, 0.15) is 5.82 Å². The molecule has 19 heavy (non-hydrogen) atoms. The summed E-state index contributed by atoms with van der Waals surface area (Å²) in [5.74, 6) is -0.325. The van der Waals surface area contributed by atoms with E-state index in [1.807, 2.05) is 0 Å². The minimum atomic E-state index is -0.325. The summed E-state index contributed by atoms with van der Waals surface area (Å²) in [5.41, 5.74) is 0.470. The Bertz CT molecular complexity index is 476. The number of hydrogen-bond donors (Lipinski definition) is 1. The maximum atomic E-state index is 13.6. The molecule has 0 radical (unpaired) electrons. The third-order valence-electron chi connectivity index (χ3n) is 2.39. The molecule has 1 aromatic carbocycles. The molecular formula is C14H16BrFN2O. The van der Waals surface area contributed by atoms with Gasteiger partial charge in [0.05, 0.1) is 13.1 Å². The van der Waals surface area contributed by atoms with E-state index >= 15 is 0 Å². The molecule has 0 unspecified atom stereocenters. The van der Waals surface area contributed by atoms with Gasteiger partial charge in [-0.1, -0.05) is 46.8 Å². The van der Waals surface area contributed by atoms with Crippen LogP contribution < -0.4 is 5.32 Å². The highest BCUT2D eigenvalue weighted by Crippen LogP contribution is 2.10. The number of nitrogens with one attached hydrogen (secondary N) is 1. The van der Waals surface area contributed by atoms with Crippen molar-refractivity contribution in [3.63, 3.8) is 0 Å². The molecule has 0 bridgehead atoms. The predicted octanol–water partition coefficient (Wildman–Crippen LogP) is 3.43. The highest BCUT2D eigenvalue weighted by atomic mass is 79.9. The SMILES string of the molecule is C=CCN(Cc1ccccc1F)C(=O)NCC(=C)Br. The maximum absolute atomic E-state index is 13.6. The number of halogens is 2. The van der Waals surface area contributed by atoms with E-state index in [-0.39, 0.29) is 18.4 Å². The Morgan fingerprint density at radius 3 is 2.74 bits per heavy atom. The number of urea groups is 1. The smallest absolute Gasteiger partial charge is 0.318 e. The molecule has 0 aliphatic heterocycles. The molecule has 102 valence electrons. The Morgan fingerprint density at radius 1 is 1.47 bits per heavy atom. The number of benzene rings is 1. The van der Waals surface area contributed by atoms with Gasteiger partial charge in [-0.2, -0.15) is 0 Å². The van der Waals surface area contributed by atoms with E-state index in [0.29, 0.717) is 23.1 Å². The molecule has 0 aliphatic carbocycles. The van der Waals surface area contributed by atoms with E-state index in [2.05, 4.69) is 34.4 Å². The Hall–Kier alpha value is -1.62. The fourth-order valence-corrected chi connectivity index (χ4v) is 1.63. The first-order chi connectivity index (χ1) is 9.04. The van der Waals surface area contributed by atoms with Crippen molar-refractivity contribution in [3.8, 4) is 0 Å². The largest absolute Gasteiger partial charge is 0.333 e. The third-order valence-corrected chi connectivity index (χ3v) is 2.67. The molecule has 0 atom stereocenters. The lowest BCUT2D eigenvalue weighted by atomic mass is 10.2. The zero-order valence-corrected chi connectivity index (χ0v) is 12.1. The Kier molecular flexibility index (Phi) is 6.29. The molecule has 3 nitrogen and oxygen atoms in total. The van der Waals surface area contributed by atoms with Gasteiger partial charge in [0.2, 0.25) is 0 Å². The molecule has 0 fully saturated rings. The molecule has 1 rings (SSSR count). The highest BCUT2D eigenvalue weighted by Gasteiger charge is 2.14. The highest BCUT2D eigenvalue weighted by molar-refractivity contribution is 9.11. The number of carbonyl (C=O) groups excluding carboxylic acids is 1. The second kappa shape index (κ2) is 7.74. The van der Waals surface area contributed by atoms with Crippen molar-refractivity contribution < 1.29 is 9.18 Å². The van der Waals surface area contributed by atoms with Gasteiger partial charge in [-0.05, 0) is 6.07 Å². The topological polar surface area (TPSA) is 32.3 Å². The van der Waals surface area contributed by atoms with Crippen molar-refractivity contribution in [2.24, 2.45) is 0 Å². The van der Waals surface area contributed by atoms with E-state index in [0.717, 1.165) is 0 Å². The molecule has 0 aliphatic rings. The van der Waals surface area contributed by atoms with Crippen LogP contribution in [0.3, 0.4) is 0 Å². The van der Waals surface area contributed by atoms with Gasteiger partial charge in [-0.3, -0.25) is 0 Å². The van der Waals surface area contributed by atoms with Crippen molar-refractivity contribution in [2.75, 3.05) is 13.1 Å². The van der Waals surface area contributed by atoms with Crippen LogP contribution in [0.5, 0.6) is 0 Å². The van der Waals surface area contributed by atoms with Crippen LogP contribution in [0, 0.1) is 5.82 Å². The number of nitrogens with zero attached hydrogens (tertiary/aromatic N) is 1. The van der Waals surface area contributed by atoms with Crippen LogP contribution in [0.1, 0.15) is 5.56 Å². The molecule has 0 saturated carbocycles. The third kappa shape index (κ3) is 5.26. The summed E-state index contributed by atoms with van der Waals surface area (Å²) in [6, 6.07) is 6.10. The molecule has 5 heteroatoms. The van der Waals surface area contributed by atoms with Crippen molar-refractivity contribution in [1.29, 1.82) is 0 Å². The van der Waals surface area contributed by atoms with Gasteiger partial charge < -0.3 is 10.2 Å². The molecule has 0 saturated heterocycles. The normalized spacial score (nSPS) is 9.79. The average molecular weight is 327 g/mol. The first-order valence-corrected chi connectivity index (χ1v) is 6.54. The van der Waals surface area contributed by atoms with Crippen LogP contribution >= 0.6 is 15.9 Å². The first-order valence-electron chi connectivity index (χ1n) is 5.75. The standard InChI is InChI=1S/C14H16BrFN2O/c1-3-8-18(14(19)17-9-11(2)15)10-12-6-4-5-7-13(12)16/h3-7H,1-2,8-10H2,(H,17,19). The van der Waals surface area contributed by atoms with Crippen molar-refractivity contribution in [1.82, 2.24) is 10.2 Å². The van der Waals surface area contributed by atoms with Crippen LogP contribution in [-0.2, 0) is 6.54 Å². The maximum Gasteiger partial charge on any atom is 0.318 e. The van der Waals surface area contributed by atoms with Crippen LogP contribution in [0.4, 0.5) is 9.18 Å². The fourth-order valence-electron chi connectivity index (χ4n) is 1.49. The summed E-state index contributed by atoms with van der Waals surface area (Å²) in [6.45, 7) is 8.09. The Balaban J connectivity index is 2.72. The van der Waals surface area contributed by atoms with Crippen LogP contribution in [0.25, 0.3) is 0 Å². The molecule has 0 heterocycles. The lowest BCUT2D eigenvalue weighted by Crippen LogP contribution is -2.40. The molecule has 0 spiro atoms. The van der Waals surface area contributed by atoms with E-state index in [1.54, 1.807) is 24.3 Å². The van der Waals surface area contributed by atoms with Gasteiger partial charge >= 0.3 is 6.03 Å². The van der Waals surface area contributed by atoms with Gasteiger partial charge in [0, 0.05) is 16.6 Å². The Labute approximate surface area is 120 Å². The molecule has 0 aromatic heterocycles. The molecule has 1 aromatic rings. The van der Waals surface area contributed by atoms with E-state index in [1.165, 1.54) is 11.0 Å².